The Morgan fingerprint density at radius 1 is 1.20 bits per heavy atom. The van der Waals surface area contributed by atoms with Crippen LogP contribution in [0.3, 0.4) is 0 Å². The lowest BCUT2D eigenvalue weighted by atomic mass is 10.0. The van der Waals surface area contributed by atoms with E-state index in [1.165, 1.54) is 0 Å². The topological polar surface area (TPSA) is 21.3 Å². The van der Waals surface area contributed by atoms with Gasteiger partial charge in [0.15, 0.2) is 0 Å². The number of rotatable bonds is 8. The molecule has 15 heavy (non-hydrogen) atoms. The standard InChI is InChI=1S/C13H29NO/c1-7-13(5,6)14-8-9-15-12(4)10-11(2)3/h11-12,14H,7-10H2,1-6H3. The van der Waals surface area contributed by atoms with E-state index >= 15 is 0 Å². The van der Waals surface area contributed by atoms with Gasteiger partial charge in [0.2, 0.25) is 0 Å². The number of nitrogens with one attached hydrogen (secondary N) is 1. The Kier molecular flexibility index (Phi) is 7.20. The molecular formula is C13H29NO. The lowest BCUT2D eigenvalue weighted by molar-refractivity contribution is 0.0508. The number of hydrogen-bond acceptors (Lipinski definition) is 2. The summed E-state index contributed by atoms with van der Waals surface area (Å²) in [5, 5.41) is 3.49. The number of hydrogen-bond donors (Lipinski definition) is 1. The molecule has 0 radical (unpaired) electrons. The first-order valence-electron chi connectivity index (χ1n) is 6.24. The van der Waals surface area contributed by atoms with Crippen LogP contribution < -0.4 is 5.32 Å². The van der Waals surface area contributed by atoms with Crippen molar-refractivity contribution < 1.29 is 4.74 Å². The Morgan fingerprint density at radius 3 is 2.27 bits per heavy atom. The van der Waals surface area contributed by atoms with Crippen LogP contribution in [-0.2, 0) is 4.74 Å². The molecular weight excluding hydrogens is 186 g/mol. The largest absolute Gasteiger partial charge is 0.377 e. The van der Waals surface area contributed by atoms with Gasteiger partial charge in [0.05, 0.1) is 12.7 Å². The third kappa shape index (κ3) is 8.88. The van der Waals surface area contributed by atoms with E-state index in [9.17, 15) is 0 Å². The van der Waals surface area contributed by atoms with Gasteiger partial charge in [0.25, 0.3) is 0 Å². The van der Waals surface area contributed by atoms with E-state index in [0.29, 0.717) is 6.10 Å². The van der Waals surface area contributed by atoms with Crippen molar-refractivity contribution in [3.05, 3.63) is 0 Å². The van der Waals surface area contributed by atoms with Crippen molar-refractivity contribution in [2.24, 2.45) is 5.92 Å². The highest BCUT2D eigenvalue weighted by atomic mass is 16.5. The molecule has 1 atom stereocenters. The van der Waals surface area contributed by atoms with Gasteiger partial charge in [-0.15, -0.1) is 0 Å². The summed E-state index contributed by atoms with van der Waals surface area (Å²) < 4.78 is 5.73. The number of ether oxygens (including phenoxy) is 1. The van der Waals surface area contributed by atoms with Gasteiger partial charge in [-0.05, 0) is 39.5 Å². The Morgan fingerprint density at radius 2 is 1.80 bits per heavy atom. The molecule has 2 heteroatoms. The zero-order chi connectivity index (χ0) is 11.9. The summed E-state index contributed by atoms with van der Waals surface area (Å²) in [6, 6.07) is 0. The van der Waals surface area contributed by atoms with E-state index in [1.807, 2.05) is 0 Å². The van der Waals surface area contributed by atoms with Gasteiger partial charge >= 0.3 is 0 Å². The molecule has 92 valence electrons. The Labute approximate surface area is 95.8 Å². The molecule has 0 aliphatic carbocycles. The van der Waals surface area contributed by atoms with Crippen molar-refractivity contribution in [2.75, 3.05) is 13.2 Å². The molecule has 0 amide bonds. The highest BCUT2D eigenvalue weighted by Crippen LogP contribution is 2.08. The quantitative estimate of drug-likeness (QED) is 0.628. The molecule has 0 spiro atoms. The molecule has 0 saturated heterocycles. The predicted molar refractivity (Wildman–Crippen MR) is 67.2 cm³/mol. The van der Waals surface area contributed by atoms with Crippen LogP contribution in [0.5, 0.6) is 0 Å². The van der Waals surface area contributed by atoms with Gasteiger partial charge in [-0.2, -0.15) is 0 Å². The smallest absolute Gasteiger partial charge is 0.0594 e. The van der Waals surface area contributed by atoms with Gasteiger partial charge < -0.3 is 10.1 Å². The van der Waals surface area contributed by atoms with Crippen LogP contribution in [0.2, 0.25) is 0 Å². The molecule has 0 fully saturated rings. The fourth-order valence-electron chi connectivity index (χ4n) is 1.51. The van der Waals surface area contributed by atoms with Crippen molar-refractivity contribution in [2.45, 2.75) is 66.0 Å². The highest BCUT2D eigenvalue weighted by Gasteiger charge is 2.13. The van der Waals surface area contributed by atoms with E-state index in [-0.39, 0.29) is 5.54 Å². The molecule has 0 bridgehead atoms. The van der Waals surface area contributed by atoms with Gasteiger partial charge in [-0.3, -0.25) is 0 Å². The summed E-state index contributed by atoms with van der Waals surface area (Å²) in [5.41, 5.74) is 0.241. The van der Waals surface area contributed by atoms with Crippen molar-refractivity contribution in [1.82, 2.24) is 5.32 Å². The fourth-order valence-corrected chi connectivity index (χ4v) is 1.51. The summed E-state index contributed by atoms with van der Waals surface area (Å²) in [4.78, 5) is 0. The first-order valence-corrected chi connectivity index (χ1v) is 6.24. The first kappa shape index (κ1) is 14.9. The van der Waals surface area contributed by atoms with Gasteiger partial charge in [-0.1, -0.05) is 20.8 Å². The maximum Gasteiger partial charge on any atom is 0.0594 e. The normalized spacial score (nSPS) is 14.6. The zero-order valence-electron chi connectivity index (χ0n) is 11.4. The van der Waals surface area contributed by atoms with E-state index in [4.69, 9.17) is 4.74 Å². The lowest BCUT2D eigenvalue weighted by Gasteiger charge is -2.25. The second kappa shape index (κ2) is 7.24. The van der Waals surface area contributed by atoms with Gasteiger partial charge in [-0.25, -0.2) is 0 Å². The van der Waals surface area contributed by atoms with Gasteiger partial charge in [0, 0.05) is 12.1 Å². The predicted octanol–water partition coefficient (Wildman–Crippen LogP) is 3.22. The minimum absolute atomic E-state index is 0.241. The van der Waals surface area contributed by atoms with Crippen molar-refractivity contribution in [1.29, 1.82) is 0 Å². The Hall–Kier alpha value is -0.0800. The Bertz CT molecular complexity index is 155. The molecule has 1 unspecified atom stereocenters. The zero-order valence-corrected chi connectivity index (χ0v) is 11.4. The van der Waals surface area contributed by atoms with E-state index < -0.39 is 0 Å². The summed E-state index contributed by atoms with van der Waals surface area (Å²) in [5.74, 6) is 0.722. The molecule has 0 saturated carbocycles. The van der Waals surface area contributed by atoms with Crippen molar-refractivity contribution >= 4 is 0 Å². The minimum Gasteiger partial charge on any atom is -0.377 e. The SMILES string of the molecule is CCC(C)(C)NCCOC(C)CC(C)C. The third-order valence-corrected chi connectivity index (χ3v) is 2.80. The van der Waals surface area contributed by atoms with Crippen LogP contribution in [0, 0.1) is 5.92 Å². The monoisotopic (exact) mass is 215 g/mol. The molecule has 0 aromatic heterocycles. The molecule has 2 nitrogen and oxygen atoms in total. The Balaban J connectivity index is 3.46. The average Bonchev–Trinajstić information content (AvgIpc) is 2.11. The van der Waals surface area contributed by atoms with Gasteiger partial charge in [0.1, 0.15) is 0 Å². The molecule has 0 rings (SSSR count). The van der Waals surface area contributed by atoms with E-state index in [1.54, 1.807) is 0 Å². The maximum atomic E-state index is 5.73. The second-order valence-corrected chi connectivity index (χ2v) is 5.48. The summed E-state index contributed by atoms with van der Waals surface area (Å²) in [7, 11) is 0. The van der Waals surface area contributed by atoms with E-state index in [2.05, 4.69) is 46.9 Å². The van der Waals surface area contributed by atoms with Crippen LogP contribution in [0.4, 0.5) is 0 Å². The third-order valence-electron chi connectivity index (χ3n) is 2.80. The summed E-state index contributed by atoms with van der Waals surface area (Å²) in [6.45, 7) is 15.0. The lowest BCUT2D eigenvalue weighted by Crippen LogP contribution is -2.40. The van der Waals surface area contributed by atoms with Crippen molar-refractivity contribution in [3.8, 4) is 0 Å². The van der Waals surface area contributed by atoms with Crippen LogP contribution in [0.1, 0.15) is 54.4 Å². The van der Waals surface area contributed by atoms with E-state index in [0.717, 1.165) is 31.9 Å². The second-order valence-electron chi connectivity index (χ2n) is 5.48. The maximum absolute atomic E-state index is 5.73. The highest BCUT2D eigenvalue weighted by molar-refractivity contribution is 4.74. The average molecular weight is 215 g/mol. The summed E-state index contributed by atoms with van der Waals surface area (Å²) >= 11 is 0. The molecule has 0 aromatic rings. The minimum atomic E-state index is 0.241. The molecule has 0 heterocycles. The van der Waals surface area contributed by atoms with Crippen LogP contribution in [-0.4, -0.2) is 24.8 Å². The van der Waals surface area contributed by atoms with Crippen LogP contribution in [0.15, 0.2) is 0 Å². The molecule has 1 N–H and O–H groups in total. The van der Waals surface area contributed by atoms with Crippen molar-refractivity contribution in [3.63, 3.8) is 0 Å². The van der Waals surface area contributed by atoms with Crippen LogP contribution >= 0.6 is 0 Å². The molecule has 0 aliphatic heterocycles. The first-order chi connectivity index (χ1) is 6.87. The molecule has 0 aromatic carbocycles. The fraction of sp³-hybridized carbons (Fsp3) is 1.00. The summed E-state index contributed by atoms with van der Waals surface area (Å²) in [6.07, 6.45) is 2.68. The van der Waals surface area contributed by atoms with Crippen LogP contribution in [0.25, 0.3) is 0 Å². The molecule has 0 aliphatic rings.